The van der Waals surface area contributed by atoms with Gasteiger partial charge < -0.3 is 0 Å². The number of fused-ring (bicyclic) bond motifs is 1. The summed E-state index contributed by atoms with van der Waals surface area (Å²) in [5.74, 6) is 0. The van der Waals surface area contributed by atoms with Crippen LogP contribution in [-0.4, -0.2) is 10.3 Å². The van der Waals surface area contributed by atoms with E-state index >= 15 is 0 Å². The van der Waals surface area contributed by atoms with Gasteiger partial charge in [-0.2, -0.15) is 0 Å². The van der Waals surface area contributed by atoms with E-state index in [2.05, 4.69) is 37.0 Å². The van der Waals surface area contributed by atoms with Crippen molar-refractivity contribution >= 4 is 19.1 Å². The van der Waals surface area contributed by atoms with Crippen molar-refractivity contribution in [2.45, 2.75) is 13.8 Å². The molecule has 16 heavy (non-hydrogen) atoms. The molecule has 0 fully saturated rings. The first-order chi connectivity index (χ1) is 7.75. The van der Waals surface area contributed by atoms with E-state index in [1.165, 1.54) is 41.1 Å². The van der Waals surface area contributed by atoms with Crippen molar-refractivity contribution in [2.75, 3.05) is 0 Å². The average Bonchev–Trinajstić information content (AvgIpc) is 2.80. The monoisotopic (exact) mass is 225 g/mol. The van der Waals surface area contributed by atoms with Gasteiger partial charge in [-0.1, -0.05) is 14.3 Å². The molecule has 0 saturated carbocycles. The molecule has 0 radical (unpaired) electrons. The number of rotatable bonds is 1. The largest absolute Gasteiger partial charge is 0.264 e. The van der Waals surface area contributed by atoms with Crippen molar-refractivity contribution in [1.29, 1.82) is 0 Å². The van der Waals surface area contributed by atoms with Crippen LogP contribution in [0.1, 0.15) is 19.4 Å². The van der Waals surface area contributed by atoms with Gasteiger partial charge in [-0.15, -0.1) is 0 Å². The second-order valence-corrected chi connectivity index (χ2v) is 5.52. The predicted octanol–water partition coefficient (Wildman–Crippen LogP) is 3.83. The van der Waals surface area contributed by atoms with Gasteiger partial charge in [0.25, 0.3) is 0 Å². The van der Waals surface area contributed by atoms with Gasteiger partial charge in [0.1, 0.15) is 0 Å². The molecule has 3 rings (SSSR count). The zero-order valence-electron chi connectivity index (χ0n) is 9.36. The van der Waals surface area contributed by atoms with E-state index in [0.29, 0.717) is 0 Å². The normalized spacial score (nSPS) is 19.2. The minimum absolute atomic E-state index is 1.22. The molecular weight excluding hydrogens is 213 g/mol. The fourth-order valence-corrected chi connectivity index (χ4v) is 3.27. The topological polar surface area (TPSA) is 12.9 Å². The Labute approximate surface area is 97.0 Å². The highest BCUT2D eigenvalue weighted by molar-refractivity contribution is 7.47. The summed E-state index contributed by atoms with van der Waals surface area (Å²) in [7, 11) is 1.37. The van der Waals surface area contributed by atoms with E-state index in [0.717, 1.165) is 0 Å². The summed E-state index contributed by atoms with van der Waals surface area (Å²) >= 11 is 0. The van der Waals surface area contributed by atoms with Gasteiger partial charge in [0.2, 0.25) is 0 Å². The lowest BCUT2D eigenvalue weighted by molar-refractivity contribution is 1.31. The van der Waals surface area contributed by atoms with Gasteiger partial charge in [0.15, 0.2) is 0 Å². The number of hydrogen-bond donors (Lipinski definition) is 0. The molecule has 2 heteroatoms. The highest BCUT2D eigenvalue weighted by atomic mass is 31.1. The summed E-state index contributed by atoms with van der Waals surface area (Å²) in [5, 5.41) is 2.90. The summed E-state index contributed by atoms with van der Waals surface area (Å²) in [6, 6.07) is 4.12. The number of aromatic nitrogens is 1. The molecule has 0 bridgehead atoms. The van der Waals surface area contributed by atoms with Crippen molar-refractivity contribution in [3.8, 4) is 0 Å². The second-order valence-electron chi connectivity index (χ2n) is 4.14. The van der Waals surface area contributed by atoms with Gasteiger partial charge in [0, 0.05) is 23.3 Å². The maximum Gasteiger partial charge on any atom is 0.0346 e. The zero-order valence-corrected chi connectivity index (χ0v) is 10.3. The molecule has 1 aliphatic heterocycles. The lowest BCUT2D eigenvalue weighted by Crippen LogP contribution is -1.92. The lowest BCUT2D eigenvalue weighted by Gasteiger charge is -2.01. The molecule has 1 aliphatic carbocycles. The molecule has 0 atom stereocenters. The first-order valence-corrected chi connectivity index (χ1v) is 6.26. The van der Waals surface area contributed by atoms with Crippen LogP contribution in [0, 0.1) is 0 Å². The Bertz CT molecular complexity index is 574. The first kappa shape index (κ1) is 9.74. The molecule has 0 aromatic carbocycles. The molecule has 2 aliphatic rings. The van der Waals surface area contributed by atoms with Gasteiger partial charge in [-0.3, -0.25) is 4.98 Å². The highest BCUT2D eigenvalue weighted by Gasteiger charge is 2.22. The molecule has 78 valence electrons. The number of nitrogens with zero attached hydrogens (tertiary/aromatic N) is 1. The molecular formula is C14H12NP. The van der Waals surface area contributed by atoms with Crippen LogP contribution >= 0.6 is 8.20 Å². The van der Waals surface area contributed by atoms with Crippen molar-refractivity contribution in [3.63, 3.8) is 0 Å². The summed E-state index contributed by atoms with van der Waals surface area (Å²) in [4.78, 5) is 4.19. The standard InChI is InChI=1S/C14H12NP/c1-9-6-12(11-4-3-5-15-8-11)13-7-10(2)16-14(9)13/h3-8H,1-2H3. The Morgan fingerprint density at radius 1 is 1.12 bits per heavy atom. The number of pyridine rings is 1. The summed E-state index contributed by atoms with van der Waals surface area (Å²) in [6.45, 7) is 4.38. The number of hydrogen-bond acceptors (Lipinski definition) is 1. The fourth-order valence-electron chi connectivity index (χ4n) is 2.18. The Hall–Kier alpha value is -1.46. The van der Waals surface area contributed by atoms with Crippen molar-refractivity contribution in [2.24, 2.45) is 0 Å². The van der Waals surface area contributed by atoms with Crippen LogP contribution in [0.15, 0.2) is 53.1 Å². The van der Waals surface area contributed by atoms with Crippen molar-refractivity contribution in [3.05, 3.63) is 58.7 Å². The molecule has 1 aromatic heterocycles. The van der Waals surface area contributed by atoms with E-state index in [-0.39, 0.29) is 0 Å². The van der Waals surface area contributed by atoms with Gasteiger partial charge >= 0.3 is 0 Å². The minimum atomic E-state index is 1.22. The molecule has 0 unspecified atom stereocenters. The molecule has 2 heterocycles. The summed E-state index contributed by atoms with van der Waals surface area (Å²) < 4.78 is 0. The van der Waals surface area contributed by atoms with Crippen LogP contribution in [-0.2, 0) is 0 Å². The van der Waals surface area contributed by atoms with E-state index < -0.39 is 0 Å². The first-order valence-electron chi connectivity index (χ1n) is 5.36. The van der Waals surface area contributed by atoms with E-state index in [1.807, 2.05) is 18.5 Å². The van der Waals surface area contributed by atoms with E-state index in [4.69, 9.17) is 0 Å². The van der Waals surface area contributed by atoms with Crippen LogP contribution in [0.3, 0.4) is 0 Å². The maximum atomic E-state index is 4.19. The smallest absolute Gasteiger partial charge is 0.0346 e. The summed E-state index contributed by atoms with van der Waals surface area (Å²) in [6.07, 6.45) is 8.33. The molecule has 0 spiro atoms. The van der Waals surface area contributed by atoms with Crippen LogP contribution in [0.5, 0.6) is 0 Å². The van der Waals surface area contributed by atoms with Gasteiger partial charge in [0.05, 0.1) is 0 Å². The molecule has 1 aromatic rings. The van der Waals surface area contributed by atoms with E-state index in [1.54, 1.807) is 0 Å². The third kappa shape index (κ3) is 1.40. The fraction of sp³-hybridized carbons (Fsp3) is 0.143. The second kappa shape index (κ2) is 3.54. The van der Waals surface area contributed by atoms with Crippen molar-refractivity contribution < 1.29 is 0 Å². The lowest BCUT2D eigenvalue weighted by atomic mass is 10.0. The quantitative estimate of drug-likeness (QED) is 0.662. The Morgan fingerprint density at radius 2 is 2.00 bits per heavy atom. The Kier molecular flexibility index (Phi) is 2.15. The Balaban J connectivity index is 2.19. The van der Waals surface area contributed by atoms with Crippen LogP contribution in [0.2, 0.25) is 0 Å². The predicted molar refractivity (Wildman–Crippen MR) is 70.6 cm³/mol. The highest BCUT2D eigenvalue weighted by Crippen LogP contribution is 2.40. The van der Waals surface area contributed by atoms with Crippen LogP contribution in [0.4, 0.5) is 0 Å². The van der Waals surface area contributed by atoms with E-state index in [9.17, 15) is 0 Å². The number of allylic oxidation sites excluding steroid dienone is 6. The Morgan fingerprint density at radius 3 is 2.75 bits per heavy atom. The molecule has 0 amide bonds. The van der Waals surface area contributed by atoms with Crippen LogP contribution in [0.25, 0.3) is 5.57 Å². The third-order valence-electron chi connectivity index (χ3n) is 2.89. The van der Waals surface area contributed by atoms with Crippen molar-refractivity contribution in [1.82, 2.24) is 4.98 Å². The maximum absolute atomic E-state index is 4.19. The third-order valence-corrected chi connectivity index (χ3v) is 4.19. The molecule has 1 nitrogen and oxygen atoms in total. The SMILES string of the molecule is CC1=CC2=C(c3cccnc3)C=C(C)C2=P1. The zero-order chi connectivity index (χ0) is 11.1. The molecule has 0 N–H and O–H groups in total. The minimum Gasteiger partial charge on any atom is -0.264 e. The average molecular weight is 225 g/mol. The summed E-state index contributed by atoms with van der Waals surface area (Å²) in [5.41, 5.74) is 5.33. The van der Waals surface area contributed by atoms with Gasteiger partial charge in [-0.05, 0) is 54.1 Å². The molecule has 0 saturated heterocycles. The van der Waals surface area contributed by atoms with Gasteiger partial charge in [-0.25, -0.2) is 0 Å². The van der Waals surface area contributed by atoms with Crippen LogP contribution < -0.4 is 0 Å².